The van der Waals surface area contributed by atoms with Gasteiger partial charge < -0.3 is 4.90 Å². The van der Waals surface area contributed by atoms with Crippen LogP contribution in [0.5, 0.6) is 0 Å². The first-order valence-corrected chi connectivity index (χ1v) is 5.53. The summed E-state index contributed by atoms with van der Waals surface area (Å²) in [4.78, 5) is 13.8. The predicted octanol–water partition coefficient (Wildman–Crippen LogP) is 2.60. The van der Waals surface area contributed by atoms with Crippen molar-refractivity contribution in [1.29, 1.82) is 0 Å². The van der Waals surface area contributed by atoms with Gasteiger partial charge in [-0.25, -0.2) is 0 Å². The van der Waals surface area contributed by atoms with Crippen LogP contribution in [0, 0.1) is 6.92 Å². The van der Waals surface area contributed by atoms with Gasteiger partial charge >= 0.3 is 0 Å². The molecule has 14 heavy (non-hydrogen) atoms. The molecule has 1 aromatic rings. The van der Waals surface area contributed by atoms with Crippen molar-refractivity contribution in [3.63, 3.8) is 0 Å². The Hall–Kier alpha value is -0.830. The van der Waals surface area contributed by atoms with Gasteiger partial charge in [-0.15, -0.1) is 0 Å². The van der Waals surface area contributed by atoms with E-state index in [1.165, 1.54) is 0 Å². The Morgan fingerprint density at radius 2 is 2.14 bits per heavy atom. The standard InChI is InChI=1S/C11H12BrNO/c1-8-7-9(12)3-4-10(8)11(14)13-5-2-6-13/h3-4,7H,2,5-6H2,1H3. The smallest absolute Gasteiger partial charge is 0.254 e. The van der Waals surface area contributed by atoms with Crippen LogP contribution in [0.15, 0.2) is 22.7 Å². The summed E-state index contributed by atoms with van der Waals surface area (Å²) in [6.45, 7) is 3.79. The fraction of sp³-hybridized carbons (Fsp3) is 0.364. The first-order valence-electron chi connectivity index (χ1n) is 4.74. The molecule has 0 unspecified atom stereocenters. The maximum atomic E-state index is 11.9. The van der Waals surface area contributed by atoms with Crippen LogP contribution in [0.2, 0.25) is 0 Å². The fourth-order valence-corrected chi connectivity index (χ4v) is 2.03. The summed E-state index contributed by atoms with van der Waals surface area (Å²) in [5.41, 5.74) is 1.86. The van der Waals surface area contributed by atoms with E-state index < -0.39 is 0 Å². The number of hydrogen-bond acceptors (Lipinski definition) is 1. The van der Waals surface area contributed by atoms with Gasteiger partial charge in [-0.1, -0.05) is 15.9 Å². The summed E-state index contributed by atoms with van der Waals surface area (Å²) in [7, 11) is 0. The number of amides is 1. The SMILES string of the molecule is Cc1cc(Br)ccc1C(=O)N1CCC1. The van der Waals surface area contributed by atoms with Crippen LogP contribution in [-0.4, -0.2) is 23.9 Å². The third-order valence-electron chi connectivity index (χ3n) is 2.56. The van der Waals surface area contributed by atoms with Crippen LogP contribution in [0.4, 0.5) is 0 Å². The highest BCUT2D eigenvalue weighted by Gasteiger charge is 2.22. The van der Waals surface area contributed by atoms with Crippen molar-refractivity contribution in [3.05, 3.63) is 33.8 Å². The normalized spacial score (nSPS) is 15.1. The van der Waals surface area contributed by atoms with Gasteiger partial charge in [0.2, 0.25) is 0 Å². The Bertz CT molecular complexity index is 372. The second-order valence-electron chi connectivity index (χ2n) is 3.60. The van der Waals surface area contributed by atoms with Crippen molar-refractivity contribution in [2.24, 2.45) is 0 Å². The molecule has 1 amide bonds. The molecule has 74 valence electrons. The molecule has 2 nitrogen and oxygen atoms in total. The minimum absolute atomic E-state index is 0.168. The maximum Gasteiger partial charge on any atom is 0.254 e. The number of likely N-dealkylation sites (tertiary alicyclic amines) is 1. The Morgan fingerprint density at radius 3 is 2.64 bits per heavy atom. The van der Waals surface area contributed by atoms with E-state index in [-0.39, 0.29) is 5.91 Å². The monoisotopic (exact) mass is 253 g/mol. The first kappa shape index (κ1) is 9.71. The van der Waals surface area contributed by atoms with Crippen LogP contribution < -0.4 is 0 Å². The lowest BCUT2D eigenvalue weighted by Gasteiger charge is -2.31. The summed E-state index contributed by atoms with van der Waals surface area (Å²) < 4.78 is 1.02. The van der Waals surface area contributed by atoms with Gasteiger partial charge in [-0.05, 0) is 37.1 Å². The zero-order valence-corrected chi connectivity index (χ0v) is 9.67. The molecule has 2 rings (SSSR count). The van der Waals surface area contributed by atoms with Crippen LogP contribution in [0.1, 0.15) is 22.3 Å². The lowest BCUT2D eigenvalue weighted by atomic mass is 10.1. The number of carbonyl (C=O) groups is 1. The Balaban J connectivity index is 2.26. The van der Waals surface area contributed by atoms with E-state index in [4.69, 9.17) is 0 Å². The van der Waals surface area contributed by atoms with E-state index >= 15 is 0 Å². The summed E-state index contributed by atoms with van der Waals surface area (Å²) >= 11 is 3.39. The van der Waals surface area contributed by atoms with Crippen LogP contribution in [0.25, 0.3) is 0 Å². The molecule has 1 aromatic carbocycles. The van der Waals surface area contributed by atoms with Crippen LogP contribution >= 0.6 is 15.9 Å². The third-order valence-corrected chi connectivity index (χ3v) is 3.06. The quantitative estimate of drug-likeness (QED) is 0.754. The molecule has 0 aromatic heterocycles. The Morgan fingerprint density at radius 1 is 1.43 bits per heavy atom. The second kappa shape index (κ2) is 3.73. The summed E-state index contributed by atoms with van der Waals surface area (Å²) in [6.07, 6.45) is 1.14. The molecule has 1 aliphatic rings. The molecular formula is C11H12BrNO. The molecule has 1 fully saturated rings. The number of benzene rings is 1. The number of aryl methyl sites for hydroxylation is 1. The molecule has 0 radical (unpaired) electrons. The number of rotatable bonds is 1. The zero-order valence-electron chi connectivity index (χ0n) is 8.09. The van der Waals surface area contributed by atoms with E-state index in [0.29, 0.717) is 0 Å². The number of carbonyl (C=O) groups excluding carboxylic acids is 1. The second-order valence-corrected chi connectivity index (χ2v) is 4.52. The Kier molecular flexibility index (Phi) is 2.59. The molecule has 0 bridgehead atoms. The first-order chi connectivity index (χ1) is 6.68. The highest BCUT2D eigenvalue weighted by atomic mass is 79.9. The highest BCUT2D eigenvalue weighted by Crippen LogP contribution is 2.19. The van der Waals surface area contributed by atoms with E-state index in [2.05, 4.69) is 15.9 Å². The molecule has 0 N–H and O–H groups in total. The highest BCUT2D eigenvalue weighted by molar-refractivity contribution is 9.10. The van der Waals surface area contributed by atoms with Gasteiger partial charge in [0.25, 0.3) is 5.91 Å². The Labute approximate surface area is 92.0 Å². The van der Waals surface area contributed by atoms with Crippen molar-refractivity contribution in [2.75, 3.05) is 13.1 Å². The van der Waals surface area contributed by atoms with Crippen molar-refractivity contribution < 1.29 is 4.79 Å². The van der Waals surface area contributed by atoms with Crippen molar-refractivity contribution >= 4 is 21.8 Å². The molecule has 3 heteroatoms. The molecular weight excluding hydrogens is 242 g/mol. The van der Waals surface area contributed by atoms with Gasteiger partial charge in [0.05, 0.1) is 0 Å². The minimum atomic E-state index is 0.168. The van der Waals surface area contributed by atoms with E-state index in [1.807, 2.05) is 30.0 Å². The average Bonchev–Trinajstić information content (AvgIpc) is 2.00. The van der Waals surface area contributed by atoms with Crippen molar-refractivity contribution in [3.8, 4) is 0 Å². The summed E-state index contributed by atoms with van der Waals surface area (Å²) in [5.74, 6) is 0.168. The fourth-order valence-electron chi connectivity index (χ4n) is 1.56. The average molecular weight is 254 g/mol. The molecule has 1 heterocycles. The predicted molar refractivity (Wildman–Crippen MR) is 59.4 cm³/mol. The largest absolute Gasteiger partial charge is 0.339 e. The third kappa shape index (κ3) is 1.69. The van der Waals surface area contributed by atoms with Crippen LogP contribution in [-0.2, 0) is 0 Å². The molecule has 0 spiro atoms. The zero-order chi connectivity index (χ0) is 10.1. The molecule has 1 saturated heterocycles. The van der Waals surface area contributed by atoms with E-state index in [0.717, 1.165) is 35.1 Å². The molecule has 0 atom stereocenters. The van der Waals surface area contributed by atoms with Gasteiger partial charge in [-0.2, -0.15) is 0 Å². The van der Waals surface area contributed by atoms with Crippen molar-refractivity contribution in [1.82, 2.24) is 4.90 Å². The minimum Gasteiger partial charge on any atom is -0.339 e. The molecule has 1 aliphatic heterocycles. The van der Waals surface area contributed by atoms with Crippen molar-refractivity contribution in [2.45, 2.75) is 13.3 Å². The van der Waals surface area contributed by atoms with Gasteiger partial charge in [0.1, 0.15) is 0 Å². The lowest BCUT2D eigenvalue weighted by Crippen LogP contribution is -2.42. The molecule has 0 saturated carbocycles. The topological polar surface area (TPSA) is 20.3 Å². The van der Waals surface area contributed by atoms with Gasteiger partial charge in [0.15, 0.2) is 0 Å². The maximum absolute atomic E-state index is 11.9. The number of halogens is 1. The van der Waals surface area contributed by atoms with Gasteiger partial charge in [-0.3, -0.25) is 4.79 Å². The number of hydrogen-bond donors (Lipinski definition) is 0. The van der Waals surface area contributed by atoms with Crippen LogP contribution in [0.3, 0.4) is 0 Å². The number of nitrogens with zero attached hydrogens (tertiary/aromatic N) is 1. The van der Waals surface area contributed by atoms with Gasteiger partial charge in [0, 0.05) is 23.1 Å². The lowest BCUT2D eigenvalue weighted by molar-refractivity contribution is 0.0651. The summed E-state index contributed by atoms with van der Waals surface area (Å²) in [6, 6.07) is 5.78. The molecule has 0 aliphatic carbocycles. The van der Waals surface area contributed by atoms with E-state index in [1.54, 1.807) is 0 Å². The summed E-state index contributed by atoms with van der Waals surface area (Å²) in [5, 5.41) is 0. The van der Waals surface area contributed by atoms with E-state index in [9.17, 15) is 4.79 Å².